The summed E-state index contributed by atoms with van der Waals surface area (Å²) in [5, 5.41) is 4.14. The van der Waals surface area contributed by atoms with Crippen molar-refractivity contribution < 1.29 is 9.53 Å². The van der Waals surface area contributed by atoms with Crippen molar-refractivity contribution in [1.82, 2.24) is 4.57 Å². The van der Waals surface area contributed by atoms with E-state index in [9.17, 15) is 9.59 Å². The van der Waals surface area contributed by atoms with Crippen LogP contribution >= 0.6 is 22.7 Å². The molecule has 1 atom stereocenters. The first-order valence-electron chi connectivity index (χ1n) is 10.3. The van der Waals surface area contributed by atoms with Gasteiger partial charge in [0.2, 0.25) is 0 Å². The number of aromatic nitrogens is 1. The van der Waals surface area contributed by atoms with Gasteiger partial charge >= 0.3 is 5.97 Å². The molecule has 3 heterocycles. The van der Waals surface area contributed by atoms with Gasteiger partial charge < -0.3 is 4.74 Å². The second kappa shape index (κ2) is 8.33. The lowest BCUT2D eigenvalue weighted by atomic mass is 10.0. The van der Waals surface area contributed by atoms with E-state index in [1.165, 1.54) is 22.7 Å². The number of thiophene rings is 1. The molecule has 0 saturated carbocycles. The van der Waals surface area contributed by atoms with Crippen LogP contribution in [-0.2, 0) is 9.53 Å². The lowest BCUT2D eigenvalue weighted by Gasteiger charge is -2.23. The van der Waals surface area contributed by atoms with Crippen LogP contribution in [0.4, 0.5) is 0 Å². The SMILES string of the molecule is CCOC(=O)C1=C(C)N=c2s/c(=C\c3cccc4ccccc34)c(=O)n2[C@@H]1c1cccs1. The van der Waals surface area contributed by atoms with Crippen molar-refractivity contribution in [1.29, 1.82) is 0 Å². The Balaban J connectivity index is 1.74. The molecule has 1 aliphatic heterocycles. The van der Waals surface area contributed by atoms with Gasteiger partial charge in [-0.05, 0) is 47.7 Å². The Morgan fingerprint density at radius 1 is 1.16 bits per heavy atom. The van der Waals surface area contributed by atoms with Crippen LogP contribution in [0.1, 0.15) is 30.3 Å². The zero-order chi connectivity index (χ0) is 22.2. The Labute approximate surface area is 192 Å². The summed E-state index contributed by atoms with van der Waals surface area (Å²) in [4.78, 5) is 32.5. The van der Waals surface area contributed by atoms with Gasteiger partial charge in [0.05, 0.1) is 22.4 Å². The molecule has 0 amide bonds. The van der Waals surface area contributed by atoms with Crippen LogP contribution < -0.4 is 14.9 Å². The average molecular weight is 461 g/mol. The number of hydrogen-bond acceptors (Lipinski definition) is 6. The number of allylic oxidation sites excluding steroid dienone is 1. The lowest BCUT2D eigenvalue weighted by Crippen LogP contribution is -2.39. The molecule has 7 heteroatoms. The van der Waals surface area contributed by atoms with E-state index >= 15 is 0 Å². The van der Waals surface area contributed by atoms with Crippen molar-refractivity contribution in [2.75, 3.05) is 6.61 Å². The third-order valence-corrected chi connectivity index (χ3v) is 7.35. The molecule has 2 aromatic heterocycles. The number of thiazole rings is 1. The monoisotopic (exact) mass is 460 g/mol. The number of fused-ring (bicyclic) bond motifs is 2. The summed E-state index contributed by atoms with van der Waals surface area (Å²) < 4.78 is 7.53. The molecule has 0 bridgehead atoms. The smallest absolute Gasteiger partial charge is 0.338 e. The van der Waals surface area contributed by atoms with E-state index in [-0.39, 0.29) is 12.2 Å². The maximum atomic E-state index is 13.6. The standard InChI is InChI=1S/C25H20N2O3S2/c1-3-30-24(29)21-15(2)26-25-27(22(21)19-12-7-13-31-19)23(28)20(32-25)14-17-10-6-9-16-8-4-5-11-18(16)17/h4-14,22H,3H2,1-2H3/b20-14-/t22-/m1/s1. The Bertz CT molecular complexity index is 1540. The van der Waals surface area contributed by atoms with Gasteiger partial charge in [-0.1, -0.05) is 59.9 Å². The van der Waals surface area contributed by atoms with Crippen molar-refractivity contribution in [2.45, 2.75) is 19.9 Å². The molecule has 0 saturated heterocycles. The van der Waals surface area contributed by atoms with Gasteiger partial charge in [-0.3, -0.25) is 9.36 Å². The molecule has 1 aliphatic rings. The average Bonchev–Trinajstić information content (AvgIpc) is 3.42. The highest BCUT2D eigenvalue weighted by Gasteiger charge is 2.33. The number of rotatable bonds is 4. The molecule has 0 N–H and O–H groups in total. The summed E-state index contributed by atoms with van der Waals surface area (Å²) in [5.74, 6) is -0.435. The van der Waals surface area contributed by atoms with E-state index in [4.69, 9.17) is 4.74 Å². The molecular weight excluding hydrogens is 440 g/mol. The number of benzene rings is 2. The Morgan fingerprint density at radius 3 is 2.75 bits per heavy atom. The molecule has 0 fully saturated rings. The normalized spacial score (nSPS) is 16.2. The van der Waals surface area contributed by atoms with Crippen LogP contribution in [0.2, 0.25) is 0 Å². The van der Waals surface area contributed by atoms with E-state index in [2.05, 4.69) is 23.2 Å². The summed E-state index contributed by atoms with van der Waals surface area (Å²) in [5.41, 5.74) is 1.81. The minimum atomic E-state index is -0.542. The summed E-state index contributed by atoms with van der Waals surface area (Å²) in [7, 11) is 0. The van der Waals surface area contributed by atoms with Crippen LogP contribution in [-0.4, -0.2) is 17.1 Å². The Morgan fingerprint density at radius 2 is 1.97 bits per heavy atom. The van der Waals surface area contributed by atoms with Crippen molar-refractivity contribution in [2.24, 2.45) is 4.99 Å². The number of ether oxygens (including phenoxy) is 1. The quantitative estimate of drug-likeness (QED) is 0.432. The first-order chi connectivity index (χ1) is 15.6. The maximum Gasteiger partial charge on any atom is 0.338 e. The highest BCUT2D eigenvalue weighted by atomic mass is 32.1. The van der Waals surface area contributed by atoms with Gasteiger partial charge in [0.25, 0.3) is 5.56 Å². The summed E-state index contributed by atoms with van der Waals surface area (Å²) in [6.07, 6.45) is 1.92. The highest BCUT2D eigenvalue weighted by Crippen LogP contribution is 2.33. The molecule has 0 unspecified atom stereocenters. The van der Waals surface area contributed by atoms with E-state index in [1.54, 1.807) is 18.4 Å². The number of nitrogens with zero attached hydrogens (tertiary/aromatic N) is 2. The topological polar surface area (TPSA) is 60.7 Å². The molecule has 5 rings (SSSR count). The Hall–Kier alpha value is -3.29. The molecule has 4 aromatic rings. The minimum absolute atomic E-state index is 0.158. The molecular formula is C25H20N2O3S2. The fourth-order valence-corrected chi connectivity index (χ4v) is 5.89. The summed E-state index contributed by atoms with van der Waals surface area (Å²) in [6.45, 7) is 3.83. The van der Waals surface area contributed by atoms with Crippen molar-refractivity contribution in [3.63, 3.8) is 0 Å². The van der Waals surface area contributed by atoms with Crippen LogP contribution in [0.25, 0.3) is 16.8 Å². The van der Waals surface area contributed by atoms with E-state index in [1.807, 2.05) is 47.9 Å². The molecule has 0 radical (unpaired) electrons. The Kier molecular flexibility index (Phi) is 5.36. The van der Waals surface area contributed by atoms with Gasteiger partial charge in [0, 0.05) is 4.88 Å². The van der Waals surface area contributed by atoms with E-state index in [0.717, 1.165) is 21.2 Å². The third kappa shape index (κ3) is 3.43. The fourth-order valence-electron chi connectivity index (χ4n) is 4.03. The number of esters is 1. The lowest BCUT2D eigenvalue weighted by molar-refractivity contribution is -0.139. The molecule has 5 nitrogen and oxygen atoms in total. The third-order valence-electron chi connectivity index (χ3n) is 5.44. The highest BCUT2D eigenvalue weighted by molar-refractivity contribution is 7.10. The van der Waals surface area contributed by atoms with Gasteiger partial charge in [0.1, 0.15) is 6.04 Å². The number of carbonyl (C=O) groups excluding carboxylic acids is 1. The molecule has 160 valence electrons. The molecule has 0 spiro atoms. The first kappa shape index (κ1) is 20.6. The first-order valence-corrected chi connectivity index (χ1v) is 12.0. The minimum Gasteiger partial charge on any atom is -0.463 e. The second-order valence-electron chi connectivity index (χ2n) is 7.39. The molecule has 0 aliphatic carbocycles. The van der Waals surface area contributed by atoms with E-state index < -0.39 is 12.0 Å². The zero-order valence-electron chi connectivity index (χ0n) is 17.6. The largest absolute Gasteiger partial charge is 0.463 e. The van der Waals surface area contributed by atoms with Crippen LogP contribution in [0.3, 0.4) is 0 Å². The number of carbonyl (C=O) groups is 1. The van der Waals surface area contributed by atoms with Gasteiger partial charge in [-0.2, -0.15) is 0 Å². The van der Waals surface area contributed by atoms with Crippen molar-refractivity contribution in [3.05, 3.63) is 101 Å². The summed E-state index contributed by atoms with van der Waals surface area (Å²) >= 11 is 2.85. The second-order valence-corrected chi connectivity index (χ2v) is 9.37. The molecule has 32 heavy (non-hydrogen) atoms. The summed E-state index contributed by atoms with van der Waals surface area (Å²) in [6, 6.07) is 17.5. The fraction of sp³-hybridized carbons (Fsp3) is 0.160. The van der Waals surface area contributed by atoms with Crippen molar-refractivity contribution >= 4 is 45.5 Å². The molecule has 2 aromatic carbocycles. The number of hydrogen-bond donors (Lipinski definition) is 0. The van der Waals surface area contributed by atoms with Gasteiger partial charge in [-0.25, -0.2) is 9.79 Å². The predicted molar refractivity (Wildman–Crippen MR) is 129 cm³/mol. The van der Waals surface area contributed by atoms with Crippen LogP contribution in [0, 0.1) is 0 Å². The van der Waals surface area contributed by atoms with Crippen LogP contribution in [0.15, 0.2) is 81.0 Å². The van der Waals surface area contributed by atoms with Crippen LogP contribution in [0.5, 0.6) is 0 Å². The zero-order valence-corrected chi connectivity index (χ0v) is 19.2. The van der Waals surface area contributed by atoms with Gasteiger partial charge in [-0.15, -0.1) is 11.3 Å². The van der Waals surface area contributed by atoms with Crippen molar-refractivity contribution in [3.8, 4) is 0 Å². The predicted octanol–water partition coefficient (Wildman–Crippen LogP) is 4.01. The van der Waals surface area contributed by atoms with E-state index in [0.29, 0.717) is 20.6 Å². The maximum absolute atomic E-state index is 13.6. The van der Waals surface area contributed by atoms with Gasteiger partial charge in [0.15, 0.2) is 4.80 Å².